The lowest BCUT2D eigenvalue weighted by atomic mass is 9.99. The number of aliphatic imine (C=N–C) groups is 1. The second-order valence-electron chi connectivity index (χ2n) is 8.30. The smallest absolute Gasteiger partial charge is 0.231 e. The van der Waals surface area contributed by atoms with E-state index >= 15 is 0 Å². The van der Waals surface area contributed by atoms with Crippen molar-refractivity contribution in [1.29, 1.82) is 0 Å². The minimum atomic E-state index is -0.450. The number of carbonyl (C=O) groups is 2. The van der Waals surface area contributed by atoms with Crippen LogP contribution < -0.4 is 15.8 Å². The first-order valence-corrected chi connectivity index (χ1v) is 9.52. The van der Waals surface area contributed by atoms with Crippen LogP contribution in [-0.2, 0) is 9.59 Å². The maximum Gasteiger partial charge on any atom is 0.231 e. The van der Waals surface area contributed by atoms with Gasteiger partial charge in [0.05, 0.1) is 24.6 Å². The van der Waals surface area contributed by atoms with Crippen molar-refractivity contribution in [3.8, 4) is 5.75 Å². The second-order valence-corrected chi connectivity index (χ2v) is 8.30. The zero-order valence-corrected chi connectivity index (χ0v) is 15.8. The Labute approximate surface area is 159 Å². The summed E-state index contributed by atoms with van der Waals surface area (Å²) in [5, 5.41) is 3.16. The molecule has 1 aromatic rings. The zero-order chi connectivity index (χ0) is 19.2. The Hall–Kier alpha value is -2.57. The Kier molecular flexibility index (Phi) is 4.32. The van der Waals surface area contributed by atoms with Crippen LogP contribution in [0.5, 0.6) is 5.75 Å². The van der Waals surface area contributed by atoms with E-state index in [-0.39, 0.29) is 35.7 Å². The number of nitrogens with zero attached hydrogens (tertiary/aromatic N) is 2. The number of benzene rings is 1. The molecule has 1 aromatic carbocycles. The van der Waals surface area contributed by atoms with Gasteiger partial charge in [-0.3, -0.25) is 14.5 Å². The predicted octanol–water partition coefficient (Wildman–Crippen LogP) is 1.59. The number of carbonyl (C=O) groups excluding carboxylic acids is 2. The Morgan fingerprint density at radius 2 is 2.19 bits per heavy atom. The molecule has 2 heterocycles. The van der Waals surface area contributed by atoms with Gasteiger partial charge in [-0.15, -0.1) is 0 Å². The Bertz CT molecular complexity index is 804. The predicted molar refractivity (Wildman–Crippen MR) is 101 cm³/mol. The third-order valence-corrected chi connectivity index (χ3v) is 5.53. The van der Waals surface area contributed by atoms with Gasteiger partial charge in [-0.2, -0.15) is 0 Å². The highest BCUT2D eigenvalue weighted by Gasteiger charge is 2.46. The van der Waals surface area contributed by atoms with Gasteiger partial charge >= 0.3 is 0 Å². The van der Waals surface area contributed by atoms with E-state index < -0.39 is 5.54 Å². The number of nitrogens with one attached hydrogen (secondary N) is 1. The van der Waals surface area contributed by atoms with Crippen LogP contribution in [0.2, 0.25) is 0 Å². The van der Waals surface area contributed by atoms with E-state index in [1.807, 2.05) is 38.1 Å². The Morgan fingerprint density at radius 1 is 1.41 bits per heavy atom. The minimum absolute atomic E-state index is 0.0167. The third-order valence-electron chi connectivity index (χ3n) is 5.53. The van der Waals surface area contributed by atoms with Crippen LogP contribution in [0.1, 0.15) is 44.7 Å². The molecule has 144 valence electrons. The van der Waals surface area contributed by atoms with Crippen molar-refractivity contribution in [3.05, 3.63) is 29.8 Å². The Balaban J connectivity index is 1.36. The summed E-state index contributed by atoms with van der Waals surface area (Å²) in [4.78, 5) is 31.0. The number of ether oxygens (including phenoxy) is 1. The van der Waals surface area contributed by atoms with Gasteiger partial charge < -0.3 is 15.8 Å². The normalized spacial score (nSPS) is 28.7. The molecule has 0 aromatic heterocycles. The maximum absolute atomic E-state index is 12.7. The quantitative estimate of drug-likeness (QED) is 0.841. The standard InChI is InChI=1S/C20H26N4O3/c1-20(2)10-17(25)24(19(21)23-20)11-12-9-14(12)18(26)22-15-7-8-27-16-6-4-3-5-13(15)16/h3-6,12,14-15H,7-11H2,1-2H3,(H2,21,23)(H,22,26)/t12?,14?,15-/m0/s1. The van der Waals surface area contributed by atoms with E-state index in [0.717, 1.165) is 24.2 Å². The zero-order valence-electron chi connectivity index (χ0n) is 15.8. The molecule has 3 atom stereocenters. The van der Waals surface area contributed by atoms with Crippen molar-refractivity contribution in [2.45, 2.75) is 44.7 Å². The van der Waals surface area contributed by atoms with Crippen LogP contribution in [-0.4, -0.2) is 41.4 Å². The molecule has 2 amide bonds. The summed E-state index contributed by atoms with van der Waals surface area (Å²) in [6.07, 6.45) is 1.88. The van der Waals surface area contributed by atoms with Crippen LogP contribution in [0.15, 0.2) is 29.3 Å². The molecule has 0 radical (unpaired) electrons. The minimum Gasteiger partial charge on any atom is -0.493 e. The second kappa shape index (κ2) is 6.55. The molecule has 7 heteroatoms. The number of hydrogen-bond donors (Lipinski definition) is 2. The van der Waals surface area contributed by atoms with E-state index in [2.05, 4.69) is 10.3 Å². The molecule has 1 aliphatic carbocycles. The molecular formula is C20H26N4O3. The van der Waals surface area contributed by atoms with Crippen LogP contribution >= 0.6 is 0 Å². The van der Waals surface area contributed by atoms with E-state index in [0.29, 0.717) is 19.6 Å². The van der Waals surface area contributed by atoms with Gasteiger partial charge in [0.15, 0.2) is 5.96 Å². The number of para-hydroxylation sites is 1. The number of hydrogen-bond acceptors (Lipinski definition) is 5. The summed E-state index contributed by atoms with van der Waals surface area (Å²) in [6, 6.07) is 7.79. The summed E-state index contributed by atoms with van der Waals surface area (Å²) in [6.45, 7) is 4.86. The van der Waals surface area contributed by atoms with Crippen molar-refractivity contribution >= 4 is 17.8 Å². The Morgan fingerprint density at radius 3 is 2.96 bits per heavy atom. The third kappa shape index (κ3) is 3.63. The molecule has 3 N–H and O–H groups in total. The van der Waals surface area contributed by atoms with Crippen LogP contribution in [0.4, 0.5) is 0 Å². The molecule has 3 aliphatic rings. The maximum atomic E-state index is 12.7. The van der Waals surface area contributed by atoms with Crippen molar-refractivity contribution in [3.63, 3.8) is 0 Å². The van der Waals surface area contributed by atoms with Crippen molar-refractivity contribution in [2.75, 3.05) is 13.2 Å². The van der Waals surface area contributed by atoms with Crippen molar-refractivity contribution in [1.82, 2.24) is 10.2 Å². The lowest BCUT2D eigenvalue weighted by Crippen LogP contribution is -2.50. The first kappa shape index (κ1) is 17.8. The molecule has 27 heavy (non-hydrogen) atoms. The fourth-order valence-corrected chi connectivity index (χ4v) is 3.97. The summed E-state index contributed by atoms with van der Waals surface area (Å²) >= 11 is 0. The van der Waals surface area contributed by atoms with Crippen molar-refractivity contribution in [2.24, 2.45) is 22.6 Å². The van der Waals surface area contributed by atoms with Gasteiger partial charge in [0.25, 0.3) is 0 Å². The molecule has 7 nitrogen and oxygen atoms in total. The highest BCUT2D eigenvalue weighted by Crippen LogP contribution is 2.41. The van der Waals surface area contributed by atoms with Crippen LogP contribution in [0, 0.1) is 11.8 Å². The fourth-order valence-electron chi connectivity index (χ4n) is 3.97. The van der Waals surface area contributed by atoms with Crippen LogP contribution in [0.25, 0.3) is 0 Å². The monoisotopic (exact) mass is 370 g/mol. The largest absolute Gasteiger partial charge is 0.493 e. The number of fused-ring (bicyclic) bond motifs is 1. The van der Waals surface area contributed by atoms with Gasteiger partial charge in [0.1, 0.15) is 5.75 Å². The topological polar surface area (TPSA) is 97.0 Å². The van der Waals surface area contributed by atoms with E-state index in [1.54, 1.807) is 0 Å². The molecule has 0 bridgehead atoms. The lowest BCUT2D eigenvalue weighted by molar-refractivity contribution is -0.130. The fraction of sp³-hybridized carbons (Fsp3) is 0.550. The molecule has 0 spiro atoms. The van der Waals surface area contributed by atoms with Gasteiger partial charge in [-0.1, -0.05) is 18.2 Å². The summed E-state index contributed by atoms with van der Waals surface area (Å²) in [5.74, 6) is 1.20. The molecule has 0 saturated heterocycles. The highest BCUT2D eigenvalue weighted by molar-refractivity contribution is 5.99. The number of amides is 2. The molecule has 4 rings (SSSR count). The van der Waals surface area contributed by atoms with Gasteiger partial charge in [0.2, 0.25) is 11.8 Å². The number of rotatable bonds is 4. The molecule has 2 aliphatic heterocycles. The summed E-state index contributed by atoms with van der Waals surface area (Å²) < 4.78 is 5.65. The first-order chi connectivity index (χ1) is 12.8. The number of nitrogens with two attached hydrogens (primary N) is 1. The molecule has 1 fully saturated rings. The van der Waals surface area contributed by atoms with Crippen LogP contribution in [0.3, 0.4) is 0 Å². The van der Waals surface area contributed by atoms with Gasteiger partial charge in [-0.25, -0.2) is 4.99 Å². The average Bonchev–Trinajstić information content (AvgIpc) is 3.37. The van der Waals surface area contributed by atoms with Crippen molar-refractivity contribution < 1.29 is 14.3 Å². The summed E-state index contributed by atoms with van der Waals surface area (Å²) in [5.41, 5.74) is 6.56. The average molecular weight is 370 g/mol. The van der Waals surface area contributed by atoms with Gasteiger partial charge in [0, 0.05) is 24.4 Å². The molecule has 1 saturated carbocycles. The summed E-state index contributed by atoms with van der Waals surface area (Å²) in [7, 11) is 0. The molecular weight excluding hydrogens is 344 g/mol. The molecule has 2 unspecified atom stereocenters. The van der Waals surface area contributed by atoms with Gasteiger partial charge in [-0.05, 0) is 32.3 Å². The van der Waals surface area contributed by atoms with E-state index in [9.17, 15) is 9.59 Å². The lowest BCUT2D eigenvalue weighted by Gasteiger charge is -2.32. The highest BCUT2D eigenvalue weighted by atomic mass is 16.5. The van der Waals surface area contributed by atoms with E-state index in [1.165, 1.54) is 4.90 Å². The number of guanidine groups is 1. The SMILES string of the molecule is CC1(C)CC(=O)N(CC2CC2C(=O)N[C@H]2CCOc3ccccc32)C(N)=N1. The first-order valence-electron chi connectivity index (χ1n) is 9.52. The van der Waals surface area contributed by atoms with E-state index in [4.69, 9.17) is 10.5 Å².